The predicted molar refractivity (Wildman–Crippen MR) is 94.2 cm³/mol. The third-order valence-electron chi connectivity index (χ3n) is 4.79. The van der Waals surface area contributed by atoms with Gasteiger partial charge in [0.2, 0.25) is 0 Å². The minimum atomic E-state index is -3.11. The second kappa shape index (κ2) is 6.21. The van der Waals surface area contributed by atoms with Crippen molar-refractivity contribution in [2.24, 2.45) is 0 Å². The normalized spacial score (nSPS) is 27.8. The van der Waals surface area contributed by atoms with E-state index in [-0.39, 0.29) is 23.6 Å². The van der Waals surface area contributed by atoms with E-state index >= 15 is 0 Å². The highest BCUT2D eigenvalue weighted by atomic mass is 32.2. The number of rotatable bonds is 3. The topological polar surface area (TPSA) is 95.4 Å². The van der Waals surface area contributed by atoms with Crippen LogP contribution in [0.25, 0.3) is 10.2 Å². The number of hydrogen-bond donors (Lipinski definition) is 2. The molecule has 2 saturated heterocycles. The summed E-state index contributed by atoms with van der Waals surface area (Å²) in [5.74, 6) is 0.897. The van der Waals surface area contributed by atoms with Crippen molar-refractivity contribution in [1.29, 1.82) is 0 Å². The molecule has 0 spiro atoms. The van der Waals surface area contributed by atoms with Gasteiger partial charge in [-0.05, 0) is 24.3 Å². The summed E-state index contributed by atoms with van der Waals surface area (Å²) in [7, 11) is -3.11. The van der Waals surface area contributed by atoms with Gasteiger partial charge < -0.3 is 15.3 Å². The van der Waals surface area contributed by atoms with Crippen LogP contribution in [0, 0.1) is 0 Å². The van der Waals surface area contributed by atoms with Gasteiger partial charge in [0.15, 0.2) is 9.84 Å². The van der Waals surface area contributed by atoms with Crippen LogP contribution < -0.4 is 10.2 Å². The Morgan fingerprint density at radius 1 is 1.25 bits per heavy atom. The van der Waals surface area contributed by atoms with Crippen LogP contribution in [0.5, 0.6) is 0 Å². The monoisotopic (exact) mass is 368 g/mol. The average Bonchev–Trinajstić information content (AvgIpc) is 3.12. The number of nitrogens with zero attached hydrogens (tertiary/aromatic N) is 3. The lowest BCUT2D eigenvalue weighted by atomic mass is 10.0. The van der Waals surface area contributed by atoms with Crippen LogP contribution in [-0.2, 0) is 9.84 Å². The molecule has 0 radical (unpaired) electrons. The third-order valence-corrected chi connectivity index (χ3v) is 7.41. The predicted octanol–water partition coefficient (Wildman–Crippen LogP) is 0.408. The van der Waals surface area contributed by atoms with Gasteiger partial charge in [-0.25, -0.2) is 18.4 Å². The number of thiophene rings is 1. The number of sulfone groups is 1. The van der Waals surface area contributed by atoms with Crippen molar-refractivity contribution in [1.82, 2.24) is 15.3 Å². The first-order valence-electron chi connectivity index (χ1n) is 8.09. The molecule has 7 nitrogen and oxygen atoms in total. The van der Waals surface area contributed by atoms with E-state index in [0.29, 0.717) is 0 Å². The quantitative estimate of drug-likeness (QED) is 0.810. The second-order valence-electron chi connectivity index (χ2n) is 6.51. The molecule has 2 aromatic rings. The summed E-state index contributed by atoms with van der Waals surface area (Å²) in [6.45, 7) is 1.72. The van der Waals surface area contributed by atoms with Crippen molar-refractivity contribution < 1.29 is 13.5 Å². The molecule has 2 fully saturated rings. The number of anilines is 1. The summed E-state index contributed by atoms with van der Waals surface area (Å²) < 4.78 is 24.3. The van der Waals surface area contributed by atoms with Crippen LogP contribution >= 0.6 is 11.3 Å². The van der Waals surface area contributed by atoms with E-state index in [0.717, 1.165) is 42.0 Å². The molecule has 9 heteroatoms. The van der Waals surface area contributed by atoms with E-state index < -0.39 is 15.9 Å². The van der Waals surface area contributed by atoms with E-state index in [1.807, 2.05) is 11.4 Å². The number of aliphatic hydroxyl groups is 1. The molecule has 0 amide bonds. The van der Waals surface area contributed by atoms with Crippen LogP contribution in [0.2, 0.25) is 0 Å². The number of hydrogen-bond acceptors (Lipinski definition) is 8. The first-order valence-corrected chi connectivity index (χ1v) is 10.8. The number of aliphatic hydroxyl groups excluding tert-OH is 1. The molecule has 4 rings (SSSR count). The van der Waals surface area contributed by atoms with Crippen molar-refractivity contribution >= 4 is 37.2 Å². The summed E-state index contributed by atoms with van der Waals surface area (Å²) in [4.78, 5) is 11.0. The Kier molecular flexibility index (Phi) is 4.19. The van der Waals surface area contributed by atoms with Crippen LogP contribution in [0.1, 0.15) is 12.8 Å². The van der Waals surface area contributed by atoms with Crippen LogP contribution in [0.15, 0.2) is 17.8 Å². The standard InChI is InChI=1S/C15H20N4O3S2/c20-13-8-24(21,22)7-12(13)18-10-1-4-19(5-2-10)15-14-11(3-6-23-14)16-9-17-15/h3,6,9-10,12-13,18,20H,1-2,4-5,7-8H2/t12-,13-/m1/s1. The van der Waals surface area contributed by atoms with E-state index in [2.05, 4.69) is 20.2 Å². The van der Waals surface area contributed by atoms with Crippen LogP contribution in [-0.4, -0.2) is 66.3 Å². The zero-order chi connectivity index (χ0) is 16.7. The Balaban J connectivity index is 1.40. The smallest absolute Gasteiger partial charge is 0.154 e. The van der Waals surface area contributed by atoms with Gasteiger partial charge >= 0.3 is 0 Å². The number of piperidine rings is 1. The molecule has 0 aliphatic carbocycles. The molecule has 0 saturated carbocycles. The van der Waals surface area contributed by atoms with Crippen molar-refractivity contribution in [3.05, 3.63) is 17.8 Å². The molecule has 0 unspecified atom stereocenters. The van der Waals surface area contributed by atoms with Gasteiger partial charge in [0.05, 0.1) is 27.8 Å². The maximum Gasteiger partial charge on any atom is 0.154 e. The zero-order valence-corrected chi connectivity index (χ0v) is 14.8. The minimum absolute atomic E-state index is 0.0378. The molecule has 24 heavy (non-hydrogen) atoms. The Morgan fingerprint density at radius 2 is 2.04 bits per heavy atom. The molecule has 2 aromatic heterocycles. The number of nitrogens with one attached hydrogen (secondary N) is 1. The fourth-order valence-corrected chi connectivity index (χ4v) is 6.17. The van der Waals surface area contributed by atoms with Crippen molar-refractivity contribution in [3.8, 4) is 0 Å². The maximum absolute atomic E-state index is 11.6. The number of fused-ring (bicyclic) bond motifs is 1. The first kappa shape index (κ1) is 16.2. The van der Waals surface area contributed by atoms with Gasteiger partial charge in [0, 0.05) is 25.2 Å². The molecule has 4 heterocycles. The highest BCUT2D eigenvalue weighted by molar-refractivity contribution is 7.91. The lowest BCUT2D eigenvalue weighted by molar-refractivity contribution is 0.155. The van der Waals surface area contributed by atoms with Gasteiger partial charge in [0.25, 0.3) is 0 Å². The maximum atomic E-state index is 11.6. The minimum Gasteiger partial charge on any atom is -0.390 e. The van der Waals surface area contributed by atoms with Crippen LogP contribution in [0.4, 0.5) is 5.82 Å². The van der Waals surface area contributed by atoms with Gasteiger partial charge in [0.1, 0.15) is 12.1 Å². The SMILES string of the molecule is O=S1(=O)C[C@@H](O)[C@H](NC2CCN(c3ncnc4ccsc34)CC2)C1. The van der Waals surface area contributed by atoms with E-state index in [1.165, 1.54) is 0 Å². The molecule has 2 N–H and O–H groups in total. The van der Waals surface area contributed by atoms with Gasteiger partial charge in [-0.2, -0.15) is 0 Å². The Hall–Kier alpha value is -1.29. The summed E-state index contributed by atoms with van der Waals surface area (Å²) >= 11 is 1.65. The fourth-order valence-electron chi connectivity index (χ4n) is 3.55. The molecule has 0 bridgehead atoms. The molecule has 130 valence electrons. The van der Waals surface area contributed by atoms with E-state index in [1.54, 1.807) is 17.7 Å². The van der Waals surface area contributed by atoms with Crippen molar-refractivity contribution in [2.75, 3.05) is 29.5 Å². The molecular weight excluding hydrogens is 348 g/mol. The zero-order valence-electron chi connectivity index (χ0n) is 13.1. The molecular formula is C15H20N4O3S2. The van der Waals surface area contributed by atoms with E-state index in [9.17, 15) is 13.5 Å². The van der Waals surface area contributed by atoms with Crippen LogP contribution in [0.3, 0.4) is 0 Å². The summed E-state index contributed by atoms with van der Waals surface area (Å²) in [5, 5.41) is 15.3. The molecule has 0 aromatic carbocycles. The Bertz CT molecular complexity index is 830. The lowest BCUT2D eigenvalue weighted by Gasteiger charge is -2.35. The van der Waals surface area contributed by atoms with Gasteiger partial charge in [-0.15, -0.1) is 11.3 Å². The molecule has 2 aliphatic heterocycles. The average molecular weight is 368 g/mol. The summed E-state index contributed by atoms with van der Waals surface area (Å²) in [6, 6.07) is 1.89. The summed E-state index contributed by atoms with van der Waals surface area (Å²) in [6.07, 6.45) is 2.62. The summed E-state index contributed by atoms with van der Waals surface area (Å²) in [5.41, 5.74) is 0.976. The third kappa shape index (κ3) is 3.13. The molecule has 2 atom stereocenters. The highest BCUT2D eigenvalue weighted by Crippen LogP contribution is 2.29. The Morgan fingerprint density at radius 3 is 2.75 bits per heavy atom. The van der Waals surface area contributed by atoms with Gasteiger partial charge in [-0.3, -0.25) is 0 Å². The first-order chi connectivity index (χ1) is 11.5. The highest BCUT2D eigenvalue weighted by Gasteiger charge is 2.37. The fraction of sp³-hybridized carbons (Fsp3) is 0.600. The number of aromatic nitrogens is 2. The lowest BCUT2D eigenvalue weighted by Crippen LogP contribution is -2.50. The second-order valence-corrected chi connectivity index (χ2v) is 9.58. The Labute approximate surface area is 144 Å². The van der Waals surface area contributed by atoms with Gasteiger partial charge in [-0.1, -0.05) is 0 Å². The van der Waals surface area contributed by atoms with E-state index in [4.69, 9.17) is 0 Å². The largest absolute Gasteiger partial charge is 0.390 e. The van der Waals surface area contributed by atoms with Crippen molar-refractivity contribution in [3.63, 3.8) is 0 Å². The van der Waals surface area contributed by atoms with Crippen molar-refractivity contribution in [2.45, 2.75) is 31.0 Å². The molecule has 2 aliphatic rings.